The van der Waals surface area contributed by atoms with Crippen molar-refractivity contribution < 1.29 is 14.7 Å². The van der Waals surface area contributed by atoms with Gasteiger partial charge in [-0.15, -0.1) is 0 Å². The van der Waals surface area contributed by atoms with E-state index in [4.69, 9.17) is 5.11 Å². The van der Waals surface area contributed by atoms with Crippen LogP contribution in [0, 0.1) is 13.8 Å². The van der Waals surface area contributed by atoms with Crippen LogP contribution in [0.1, 0.15) is 27.0 Å². The smallest absolute Gasteiger partial charge is 0.307 e. The quantitative estimate of drug-likeness (QED) is 0.905. The molecule has 21 heavy (non-hydrogen) atoms. The molecule has 0 atom stereocenters. The van der Waals surface area contributed by atoms with Crippen molar-refractivity contribution in [2.45, 2.75) is 20.3 Å². The highest BCUT2D eigenvalue weighted by molar-refractivity contribution is 6.05. The highest BCUT2D eigenvalue weighted by atomic mass is 16.4. The van der Waals surface area contributed by atoms with Gasteiger partial charge in [0.25, 0.3) is 5.91 Å². The van der Waals surface area contributed by atoms with Gasteiger partial charge in [-0.2, -0.15) is 0 Å². The zero-order valence-electron chi connectivity index (χ0n) is 12.0. The Hall–Kier alpha value is -2.62. The SMILES string of the molecule is Cc1ccc(C(=O)Nc2cccc(CC(=O)O)c2)c(C)c1. The molecule has 2 N–H and O–H groups in total. The summed E-state index contributed by atoms with van der Waals surface area (Å²) in [5, 5.41) is 11.6. The number of anilines is 1. The summed E-state index contributed by atoms with van der Waals surface area (Å²) in [7, 11) is 0. The lowest BCUT2D eigenvalue weighted by molar-refractivity contribution is -0.136. The number of carboxylic acid groups (broad SMARTS) is 1. The van der Waals surface area contributed by atoms with E-state index < -0.39 is 5.97 Å². The predicted molar refractivity (Wildman–Crippen MR) is 81.7 cm³/mol. The van der Waals surface area contributed by atoms with Crippen LogP contribution in [0.2, 0.25) is 0 Å². The van der Waals surface area contributed by atoms with Gasteiger partial charge < -0.3 is 10.4 Å². The Morgan fingerprint density at radius 1 is 1.10 bits per heavy atom. The maximum atomic E-state index is 12.3. The first-order valence-corrected chi connectivity index (χ1v) is 6.65. The average Bonchev–Trinajstić information content (AvgIpc) is 2.37. The number of nitrogens with one attached hydrogen (secondary N) is 1. The van der Waals surface area contributed by atoms with Crippen LogP contribution < -0.4 is 5.32 Å². The van der Waals surface area contributed by atoms with E-state index in [1.807, 2.05) is 26.0 Å². The lowest BCUT2D eigenvalue weighted by Crippen LogP contribution is -2.13. The van der Waals surface area contributed by atoms with Gasteiger partial charge in [0.15, 0.2) is 0 Å². The second-order valence-corrected chi connectivity index (χ2v) is 5.04. The van der Waals surface area contributed by atoms with Crippen molar-refractivity contribution in [2.24, 2.45) is 0 Å². The number of benzene rings is 2. The summed E-state index contributed by atoms with van der Waals surface area (Å²) < 4.78 is 0. The molecule has 0 aliphatic carbocycles. The molecule has 0 aromatic heterocycles. The Morgan fingerprint density at radius 3 is 2.52 bits per heavy atom. The molecule has 0 radical (unpaired) electrons. The molecule has 0 heterocycles. The van der Waals surface area contributed by atoms with Crippen molar-refractivity contribution in [1.29, 1.82) is 0 Å². The number of hydrogen-bond acceptors (Lipinski definition) is 2. The van der Waals surface area contributed by atoms with Crippen LogP contribution in [0.3, 0.4) is 0 Å². The highest BCUT2D eigenvalue weighted by Gasteiger charge is 2.10. The standard InChI is InChI=1S/C17H17NO3/c1-11-6-7-15(12(2)8-11)17(21)18-14-5-3-4-13(9-14)10-16(19)20/h3-9H,10H2,1-2H3,(H,18,21)(H,19,20). The largest absolute Gasteiger partial charge is 0.481 e. The van der Waals surface area contributed by atoms with Crippen molar-refractivity contribution in [3.05, 3.63) is 64.7 Å². The second-order valence-electron chi connectivity index (χ2n) is 5.04. The summed E-state index contributed by atoms with van der Waals surface area (Å²) in [4.78, 5) is 23.0. The zero-order valence-corrected chi connectivity index (χ0v) is 12.0. The number of carbonyl (C=O) groups is 2. The first kappa shape index (κ1) is 14.8. The maximum absolute atomic E-state index is 12.3. The zero-order chi connectivity index (χ0) is 15.4. The van der Waals surface area contributed by atoms with Crippen LogP contribution >= 0.6 is 0 Å². The average molecular weight is 283 g/mol. The number of carboxylic acids is 1. The van der Waals surface area contributed by atoms with Gasteiger partial charge in [0.1, 0.15) is 0 Å². The monoisotopic (exact) mass is 283 g/mol. The van der Waals surface area contributed by atoms with E-state index in [1.165, 1.54) is 0 Å². The van der Waals surface area contributed by atoms with Gasteiger partial charge in [0.05, 0.1) is 6.42 Å². The fraction of sp³-hybridized carbons (Fsp3) is 0.176. The topological polar surface area (TPSA) is 66.4 Å². The molecule has 0 spiro atoms. The maximum Gasteiger partial charge on any atom is 0.307 e. The number of rotatable bonds is 4. The number of amides is 1. The third kappa shape index (κ3) is 3.92. The van der Waals surface area contributed by atoms with E-state index in [0.29, 0.717) is 16.8 Å². The molecule has 1 amide bonds. The molecule has 0 aliphatic heterocycles. The second kappa shape index (κ2) is 6.22. The van der Waals surface area contributed by atoms with Gasteiger partial charge in [-0.3, -0.25) is 9.59 Å². The predicted octanol–water partition coefficient (Wildman–Crippen LogP) is 3.18. The molecule has 0 saturated heterocycles. The van der Waals surface area contributed by atoms with Gasteiger partial charge in [-0.05, 0) is 43.2 Å². The Labute approximate surface area is 123 Å². The number of aryl methyl sites for hydroxylation is 2. The molecule has 0 aliphatic rings. The fourth-order valence-corrected chi connectivity index (χ4v) is 2.20. The molecule has 0 fully saturated rings. The van der Waals surface area contributed by atoms with Crippen LogP contribution in [0.4, 0.5) is 5.69 Å². The third-order valence-corrected chi connectivity index (χ3v) is 3.17. The number of hydrogen-bond donors (Lipinski definition) is 2. The fourth-order valence-electron chi connectivity index (χ4n) is 2.20. The van der Waals surface area contributed by atoms with Gasteiger partial charge in [-0.1, -0.05) is 29.8 Å². The summed E-state index contributed by atoms with van der Waals surface area (Å²) in [5.74, 6) is -1.09. The van der Waals surface area contributed by atoms with Gasteiger partial charge in [0.2, 0.25) is 0 Å². The Kier molecular flexibility index (Phi) is 4.38. The highest BCUT2D eigenvalue weighted by Crippen LogP contribution is 2.15. The minimum Gasteiger partial charge on any atom is -0.481 e. The molecule has 4 nitrogen and oxygen atoms in total. The van der Waals surface area contributed by atoms with Gasteiger partial charge in [0, 0.05) is 11.3 Å². The molecule has 0 unspecified atom stereocenters. The molecule has 2 aromatic rings. The van der Waals surface area contributed by atoms with E-state index >= 15 is 0 Å². The van der Waals surface area contributed by atoms with Crippen LogP contribution in [-0.4, -0.2) is 17.0 Å². The van der Waals surface area contributed by atoms with E-state index in [9.17, 15) is 9.59 Å². The van der Waals surface area contributed by atoms with Crippen molar-refractivity contribution >= 4 is 17.6 Å². The molecule has 2 aromatic carbocycles. The minimum atomic E-state index is -0.896. The third-order valence-electron chi connectivity index (χ3n) is 3.17. The van der Waals surface area contributed by atoms with E-state index in [-0.39, 0.29) is 12.3 Å². The van der Waals surface area contributed by atoms with E-state index in [0.717, 1.165) is 11.1 Å². The lowest BCUT2D eigenvalue weighted by Gasteiger charge is -2.09. The van der Waals surface area contributed by atoms with Gasteiger partial charge in [-0.25, -0.2) is 0 Å². The summed E-state index contributed by atoms with van der Waals surface area (Å²) in [5.41, 5.74) is 3.88. The molecule has 2 rings (SSSR count). The molecule has 4 heteroatoms. The summed E-state index contributed by atoms with van der Waals surface area (Å²) in [6, 6.07) is 12.5. The van der Waals surface area contributed by atoms with Crippen LogP contribution in [0.15, 0.2) is 42.5 Å². The first-order valence-electron chi connectivity index (χ1n) is 6.65. The molecule has 0 saturated carbocycles. The molecular formula is C17H17NO3. The van der Waals surface area contributed by atoms with E-state index in [1.54, 1.807) is 30.3 Å². The van der Waals surface area contributed by atoms with Crippen LogP contribution in [0.5, 0.6) is 0 Å². The van der Waals surface area contributed by atoms with Crippen molar-refractivity contribution in [1.82, 2.24) is 0 Å². The summed E-state index contributed by atoms with van der Waals surface area (Å²) >= 11 is 0. The Balaban J connectivity index is 2.17. The van der Waals surface area contributed by atoms with Gasteiger partial charge >= 0.3 is 5.97 Å². The van der Waals surface area contributed by atoms with E-state index in [2.05, 4.69) is 5.32 Å². The first-order chi connectivity index (χ1) is 9.95. The Bertz CT molecular complexity index is 692. The summed E-state index contributed by atoms with van der Waals surface area (Å²) in [6.07, 6.45) is -0.0622. The normalized spacial score (nSPS) is 10.2. The Morgan fingerprint density at radius 2 is 1.86 bits per heavy atom. The molecule has 108 valence electrons. The van der Waals surface area contributed by atoms with Crippen LogP contribution in [0.25, 0.3) is 0 Å². The van der Waals surface area contributed by atoms with Crippen LogP contribution in [-0.2, 0) is 11.2 Å². The van der Waals surface area contributed by atoms with Crippen molar-refractivity contribution in [2.75, 3.05) is 5.32 Å². The minimum absolute atomic E-state index is 0.0622. The number of aliphatic carboxylic acids is 1. The summed E-state index contributed by atoms with van der Waals surface area (Å²) in [6.45, 7) is 3.87. The lowest BCUT2D eigenvalue weighted by atomic mass is 10.0. The van der Waals surface area contributed by atoms with Crippen molar-refractivity contribution in [3.63, 3.8) is 0 Å². The van der Waals surface area contributed by atoms with Crippen molar-refractivity contribution in [3.8, 4) is 0 Å². The molecular weight excluding hydrogens is 266 g/mol. The number of carbonyl (C=O) groups excluding carboxylic acids is 1. The molecule has 0 bridgehead atoms.